The van der Waals surface area contributed by atoms with Crippen molar-refractivity contribution in [1.29, 1.82) is 0 Å². The number of rotatable bonds is 3. The Hall–Kier alpha value is -2.14. The fourth-order valence-electron chi connectivity index (χ4n) is 2.40. The number of hydrogen-bond donors (Lipinski definition) is 2. The first kappa shape index (κ1) is 15.3. The van der Waals surface area contributed by atoms with E-state index in [2.05, 4.69) is 33.7 Å². The molecule has 0 radical (unpaired) electrons. The van der Waals surface area contributed by atoms with Crippen molar-refractivity contribution in [2.75, 3.05) is 20.1 Å². The lowest BCUT2D eigenvalue weighted by atomic mass is 9.99. The third-order valence-electron chi connectivity index (χ3n) is 3.78. The predicted octanol–water partition coefficient (Wildman–Crippen LogP) is 1.62. The highest BCUT2D eigenvalue weighted by Gasteiger charge is 2.24. The molecule has 0 bridgehead atoms. The van der Waals surface area contributed by atoms with Gasteiger partial charge in [-0.1, -0.05) is 36.4 Å². The van der Waals surface area contributed by atoms with Crippen LogP contribution in [0, 0.1) is 0 Å². The van der Waals surface area contributed by atoms with Crippen molar-refractivity contribution in [2.24, 2.45) is 0 Å². The monoisotopic (exact) mass is 287 g/mol. The molecule has 5 heteroatoms. The first-order valence-corrected chi connectivity index (χ1v) is 7.13. The van der Waals surface area contributed by atoms with Gasteiger partial charge < -0.3 is 5.32 Å². The number of imide groups is 1. The molecular weight excluding hydrogens is 266 g/mol. The van der Waals surface area contributed by atoms with Gasteiger partial charge in [0.2, 0.25) is 5.91 Å². The maximum atomic E-state index is 11.9. The number of urea groups is 1. The zero-order chi connectivity index (χ0) is 15.2. The highest BCUT2D eigenvalue weighted by atomic mass is 16.2. The van der Waals surface area contributed by atoms with Gasteiger partial charge in [-0.05, 0) is 24.5 Å². The largest absolute Gasteiger partial charge is 0.341 e. The zero-order valence-electron chi connectivity index (χ0n) is 12.4. The fourth-order valence-corrected chi connectivity index (χ4v) is 2.40. The average Bonchev–Trinajstić information content (AvgIpc) is 2.55. The lowest BCUT2D eigenvalue weighted by Gasteiger charge is -2.30. The fraction of sp³-hybridized carbons (Fsp3) is 0.375. The Morgan fingerprint density at radius 1 is 1.24 bits per heavy atom. The minimum atomic E-state index is -0.468. The van der Waals surface area contributed by atoms with Crippen LogP contribution in [0.4, 0.5) is 4.79 Å². The van der Waals surface area contributed by atoms with Gasteiger partial charge in [0.1, 0.15) is 0 Å². The summed E-state index contributed by atoms with van der Waals surface area (Å²) in [5.74, 6) is -0.272. The number of nitrogens with one attached hydrogen (secondary N) is 2. The first-order chi connectivity index (χ1) is 10.1. The topological polar surface area (TPSA) is 61.4 Å². The summed E-state index contributed by atoms with van der Waals surface area (Å²) in [5.41, 5.74) is 2.55. The Morgan fingerprint density at radius 3 is 2.52 bits per heavy atom. The van der Waals surface area contributed by atoms with Gasteiger partial charge in [0.05, 0.1) is 6.04 Å². The molecule has 1 aromatic carbocycles. The molecule has 5 nitrogen and oxygen atoms in total. The van der Waals surface area contributed by atoms with Crippen molar-refractivity contribution in [3.8, 4) is 0 Å². The maximum absolute atomic E-state index is 11.9. The highest BCUT2D eigenvalue weighted by Crippen LogP contribution is 2.22. The zero-order valence-corrected chi connectivity index (χ0v) is 12.4. The third-order valence-corrected chi connectivity index (χ3v) is 3.78. The Morgan fingerprint density at radius 2 is 1.95 bits per heavy atom. The second kappa shape index (κ2) is 7.04. The predicted molar refractivity (Wildman–Crippen MR) is 82.7 cm³/mol. The molecule has 1 heterocycles. The van der Waals surface area contributed by atoms with Gasteiger partial charge in [-0.15, -0.1) is 0 Å². The molecule has 21 heavy (non-hydrogen) atoms. The molecule has 2 rings (SSSR count). The minimum Gasteiger partial charge on any atom is -0.341 e. The Bertz CT molecular complexity index is 540. The summed E-state index contributed by atoms with van der Waals surface area (Å²) >= 11 is 0. The molecule has 1 aromatic rings. The average molecular weight is 287 g/mol. The van der Waals surface area contributed by atoms with Crippen molar-refractivity contribution in [3.63, 3.8) is 0 Å². The summed E-state index contributed by atoms with van der Waals surface area (Å²) < 4.78 is 0. The van der Waals surface area contributed by atoms with E-state index in [1.54, 1.807) is 0 Å². The van der Waals surface area contributed by atoms with Crippen LogP contribution in [-0.2, 0) is 4.79 Å². The van der Waals surface area contributed by atoms with Crippen molar-refractivity contribution in [2.45, 2.75) is 19.4 Å². The molecule has 0 unspecified atom stereocenters. The molecule has 0 aliphatic carbocycles. The van der Waals surface area contributed by atoms with E-state index in [4.69, 9.17) is 0 Å². The number of amides is 3. The molecule has 112 valence electrons. The molecule has 0 fully saturated rings. The number of benzene rings is 1. The van der Waals surface area contributed by atoms with Crippen LogP contribution < -0.4 is 10.6 Å². The van der Waals surface area contributed by atoms with E-state index >= 15 is 0 Å². The molecule has 0 saturated carbocycles. The van der Waals surface area contributed by atoms with Crippen molar-refractivity contribution < 1.29 is 9.59 Å². The summed E-state index contributed by atoms with van der Waals surface area (Å²) in [4.78, 5) is 25.2. The molecule has 1 aliphatic rings. The van der Waals surface area contributed by atoms with E-state index in [1.165, 1.54) is 18.2 Å². The van der Waals surface area contributed by atoms with Crippen molar-refractivity contribution >= 4 is 17.5 Å². The molecule has 0 spiro atoms. The second-order valence-electron chi connectivity index (χ2n) is 5.08. The first-order valence-electron chi connectivity index (χ1n) is 7.13. The molecule has 1 aliphatic heterocycles. The van der Waals surface area contributed by atoms with Crippen LogP contribution in [0.3, 0.4) is 0 Å². The highest BCUT2D eigenvalue weighted by molar-refractivity contribution is 5.96. The summed E-state index contributed by atoms with van der Waals surface area (Å²) in [7, 11) is 1.49. The second-order valence-corrected chi connectivity index (χ2v) is 5.08. The van der Waals surface area contributed by atoms with E-state index in [1.807, 2.05) is 25.1 Å². The number of carbonyl (C=O) groups is 2. The van der Waals surface area contributed by atoms with Crippen molar-refractivity contribution in [3.05, 3.63) is 42.0 Å². The summed E-state index contributed by atoms with van der Waals surface area (Å²) in [6.07, 6.45) is 3.06. The maximum Gasteiger partial charge on any atom is 0.321 e. The Labute approximate surface area is 125 Å². The Balaban J connectivity index is 1.95. The lowest BCUT2D eigenvalue weighted by molar-refractivity contribution is -0.124. The smallest absolute Gasteiger partial charge is 0.321 e. The molecule has 1 atom stereocenters. The molecule has 3 amide bonds. The van der Waals surface area contributed by atoms with Gasteiger partial charge in [-0.3, -0.25) is 15.0 Å². The van der Waals surface area contributed by atoms with Crippen LogP contribution in [0.2, 0.25) is 0 Å². The molecule has 0 saturated heterocycles. The van der Waals surface area contributed by atoms with Crippen LogP contribution in [0.25, 0.3) is 5.57 Å². The van der Waals surface area contributed by atoms with E-state index in [-0.39, 0.29) is 11.9 Å². The standard InChI is InChI=1S/C16H21N3O2/c1-12(15(20)18-16(21)17-2)19-10-8-14(9-11-19)13-6-4-3-5-7-13/h3-8,12H,9-11H2,1-2H3,(H2,17,18,20,21)/t12-/m0/s1. The number of nitrogens with zero attached hydrogens (tertiary/aromatic N) is 1. The van der Waals surface area contributed by atoms with E-state index < -0.39 is 6.03 Å². The summed E-state index contributed by atoms with van der Waals surface area (Å²) in [6.45, 7) is 3.34. The van der Waals surface area contributed by atoms with Gasteiger partial charge in [-0.2, -0.15) is 0 Å². The normalized spacial score (nSPS) is 16.8. The minimum absolute atomic E-state index is 0.272. The Kier molecular flexibility index (Phi) is 5.11. The number of hydrogen-bond acceptors (Lipinski definition) is 3. The SMILES string of the molecule is CNC(=O)NC(=O)[C@H](C)N1CC=C(c2ccccc2)CC1. The lowest BCUT2D eigenvalue weighted by Crippen LogP contribution is -2.50. The number of carbonyl (C=O) groups excluding carboxylic acids is 2. The molecular formula is C16H21N3O2. The van der Waals surface area contributed by atoms with Crippen LogP contribution in [-0.4, -0.2) is 43.0 Å². The van der Waals surface area contributed by atoms with Gasteiger partial charge in [0, 0.05) is 20.1 Å². The van der Waals surface area contributed by atoms with Crippen molar-refractivity contribution in [1.82, 2.24) is 15.5 Å². The summed E-state index contributed by atoms with van der Waals surface area (Å²) in [6, 6.07) is 9.47. The van der Waals surface area contributed by atoms with E-state index in [0.717, 1.165) is 13.0 Å². The van der Waals surface area contributed by atoms with E-state index in [0.29, 0.717) is 6.54 Å². The van der Waals surface area contributed by atoms with Gasteiger partial charge in [0.15, 0.2) is 0 Å². The quantitative estimate of drug-likeness (QED) is 0.888. The molecule has 2 N–H and O–H groups in total. The van der Waals surface area contributed by atoms with Gasteiger partial charge in [0.25, 0.3) is 0 Å². The third kappa shape index (κ3) is 3.92. The van der Waals surface area contributed by atoms with Crippen LogP contribution in [0.5, 0.6) is 0 Å². The van der Waals surface area contributed by atoms with E-state index in [9.17, 15) is 9.59 Å². The summed E-state index contributed by atoms with van der Waals surface area (Å²) in [5, 5.41) is 4.70. The van der Waals surface area contributed by atoms with Gasteiger partial charge in [-0.25, -0.2) is 4.79 Å². The van der Waals surface area contributed by atoms with Crippen LogP contribution in [0.1, 0.15) is 18.9 Å². The van der Waals surface area contributed by atoms with Gasteiger partial charge >= 0.3 is 6.03 Å². The molecule has 0 aromatic heterocycles. The van der Waals surface area contributed by atoms with Crippen LogP contribution >= 0.6 is 0 Å². The van der Waals surface area contributed by atoms with Crippen LogP contribution in [0.15, 0.2) is 36.4 Å².